The van der Waals surface area contributed by atoms with Crippen molar-refractivity contribution in [1.29, 1.82) is 5.26 Å². The molecule has 2 rings (SSSR count). The van der Waals surface area contributed by atoms with Gasteiger partial charge in [0.25, 0.3) is 0 Å². The van der Waals surface area contributed by atoms with Crippen molar-refractivity contribution in [1.82, 2.24) is 0 Å². The van der Waals surface area contributed by atoms with E-state index in [0.29, 0.717) is 5.92 Å². The van der Waals surface area contributed by atoms with E-state index in [0.717, 1.165) is 40.0 Å². The van der Waals surface area contributed by atoms with Gasteiger partial charge in [0.2, 0.25) is 0 Å². The highest BCUT2D eigenvalue weighted by Gasteiger charge is 2.19. The molecule has 0 bridgehead atoms. The number of ether oxygens (including phenoxy) is 1. The molecule has 0 radical (unpaired) electrons. The molecular formula is C21H22FNO. The number of hydrogen-bond donors (Lipinski definition) is 0. The second kappa shape index (κ2) is 7.79. The minimum absolute atomic E-state index is 0.275. The Morgan fingerprint density at radius 1 is 1.25 bits per heavy atom. The highest BCUT2D eigenvalue weighted by Crippen LogP contribution is 2.41. The number of rotatable bonds is 5. The van der Waals surface area contributed by atoms with Crippen molar-refractivity contribution in [3.63, 3.8) is 0 Å². The first-order valence-electron chi connectivity index (χ1n) is 8.09. The summed E-state index contributed by atoms with van der Waals surface area (Å²) in [5.74, 6) is 0.799. The summed E-state index contributed by atoms with van der Waals surface area (Å²) in [6.45, 7) is 6.33. The third-order valence-electron chi connectivity index (χ3n) is 4.09. The maximum atomic E-state index is 13.4. The maximum absolute atomic E-state index is 13.4. The Morgan fingerprint density at radius 3 is 2.42 bits per heavy atom. The van der Waals surface area contributed by atoms with Crippen LogP contribution >= 0.6 is 0 Å². The van der Waals surface area contributed by atoms with Crippen LogP contribution in [0.2, 0.25) is 0 Å². The van der Waals surface area contributed by atoms with Crippen LogP contribution in [0.15, 0.2) is 36.4 Å². The van der Waals surface area contributed by atoms with Gasteiger partial charge in [-0.1, -0.05) is 39.0 Å². The van der Waals surface area contributed by atoms with Crippen molar-refractivity contribution in [3.8, 4) is 22.9 Å². The second-order valence-corrected chi connectivity index (χ2v) is 5.92. The molecule has 2 aromatic rings. The lowest BCUT2D eigenvalue weighted by Gasteiger charge is -2.21. The van der Waals surface area contributed by atoms with Crippen molar-refractivity contribution in [3.05, 3.63) is 58.9 Å². The number of aryl methyl sites for hydroxylation is 1. The predicted molar refractivity (Wildman–Crippen MR) is 96.5 cm³/mol. The fraction of sp³-hybridized carbons (Fsp3) is 0.286. The molecular weight excluding hydrogens is 301 g/mol. The summed E-state index contributed by atoms with van der Waals surface area (Å²) < 4.78 is 19.0. The van der Waals surface area contributed by atoms with Gasteiger partial charge in [-0.2, -0.15) is 5.26 Å². The Kier molecular flexibility index (Phi) is 5.76. The van der Waals surface area contributed by atoms with E-state index in [1.54, 1.807) is 19.2 Å². The summed E-state index contributed by atoms with van der Waals surface area (Å²) in [4.78, 5) is 0. The van der Waals surface area contributed by atoms with Crippen molar-refractivity contribution in [2.75, 3.05) is 7.11 Å². The van der Waals surface area contributed by atoms with Gasteiger partial charge in [-0.05, 0) is 52.8 Å². The predicted octanol–water partition coefficient (Wildman–Crippen LogP) is 5.72. The molecule has 0 spiro atoms. The first-order chi connectivity index (χ1) is 11.5. The molecule has 0 aliphatic rings. The van der Waals surface area contributed by atoms with Gasteiger partial charge < -0.3 is 4.74 Å². The number of halogens is 1. The highest BCUT2D eigenvalue weighted by molar-refractivity contribution is 5.84. The topological polar surface area (TPSA) is 33.0 Å². The monoisotopic (exact) mass is 323 g/mol. The molecule has 0 amide bonds. The molecule has 0 fully saturated rings. The van der Waals surface area contributed by atoms with Gasteiger partial charge >= 0.3 is 0 Å². The summed E-state index contributed by atoms with van der Waals surface area (Å²) in [5.41, 5.74) is 5.00. The van der Waals surface area contributed by atoms with Crippen molar-refractivity contribution in [2.24, 2.45) is 0 Å². The Bertz CT molecular complexity index is 783. The molecule has 0 atom stereocenters. The molecule has 0 aromatic heterocycles. The zero-order chi connectivity index (χ0) is 17.7. The molecule has 0 heterocycles. The van der Waals surface area contributed by atoms with Gasteiger partial charge in [0.1, 0.15) is 11.6 Å². The van der Waals surface area contributed by atoms with Crippen LogP contribution < -0.4 is 4.74 Å². The SMILES string of the molecule is CCc1cc(C(C)C)c(C=CC#N)c(-c2ccc(F)cc2)c1OC. The van der Waals surface area contributed by atoms with Crippen LogP contribution in [0.5, 0.6) is 5.75 Å². The van der Waals surface area contributed by atoms with E-state index < -0.39 is 0 Å². The number of benzene rings is 2. The first-order valence-corrected chi connectivity index (χ1v) is 8.09. The van der Waals surface area contributed by atoms with Crippen LogP contribution in [0.3, 0.4) is 0 Å². The molecule has 0 saturated carbocycles. The summed E-state index contributed by atoms with van der Waals surface area (Å²) in [5, 5.41) is 8.96. The fourth-order valence-electron chi connectivity index (χ4n) is 2.93. The summed E-state index contributed by atoms with van der Waals surface area (Å²) >= 11 is 0. The Hall–Kier alpha value is -2.60. The first kappa shape index (κ1) is 17.7. The van der Waals surface area contributed by atoms with Gasteiger partial charge in [0, 0.05) is 11.6 Å². The van der Waals surface area contributed by atoms with Crippen molar-refractivity contribution in [2.45, 2.75) is 33.1 Å². The molecule has 2 nitrogen and oxygen atoms in total. The Morgan fingerprint density at radius 2 is 1.92 bits per heavy atom. The number of allylic oxidation sites excluding steroid dienone is 1. The largest absolute Gasteiger partial charge is 0.496 e. The van der Waals surface area contributed by atoms with Crippen molar-refractivity contribution < 1.29 is 9.13 Å². The Labute approximate surface area is 143 Å². The number of nitrogens with zero attached hydrogens (tertiary/aromatic N) is 1. The number of nitriles is 1. The fourth-order valence-corrected chi connectivity index (χ4v) is 2.93. The molecule has 24 heavy (non-hydrogen) atoms. The lowest BCUT2D eigenvalue weighted by Crippen LogP contribution is -2.02. The standard InChI is InChI=1S/C21H22FNO/c1-5-15-13-19(14(2)3)18(7-6-12-23)20(21(15)24-4)16-8-10-17(22)11-9-16/h6-11,13-14H,5H2,1-4H3. The summed E-state index contributed by atoms with van der Waals surface area (Å²) in [6, 6.07) is 10.6. The van der Waals surface area contributed by atoms with E-state index in [4.69, 9.17) is 10.00 Å². The normalized spacial score (nSPS) is 11.0. The number of methoxy groups -OCH3 is 1. The Balaban J connectivity index is 2.89. The summed E-state index contributed by atoms with van der Waals surface area (Å²) in [7, 11) is 1.65. The van der Waals surface area contributed by atoms with E-state index in [1.165, 1.54) is 18.2 Å². The highest BCUT2D eigenvalue weighted by atomic mass is 19.1. The molecule has 0 saturated heterocycles. The van der Waals surface area contributed by atoms with Crippen LogP contribution in [-0.4, -0.2) is 7.11 Å². The lowest BCUT2D eigenvalue weighted by molar-refractivity contribution is 0.411. The molecule has 124 valence electrons. The molecule has 2 aromatic carbocycles. The maximum Gasteiger partial charge on any atom is 0.130 e. The van der Waals surface area contributed by atoms with E-state index in [2.05, 4.69) is 32.9 Å². The van der Waals surface area contributed by atoms with Crippen LogP contribution in [0.25, 0.3) is 17.2 Å². The lowest BCUT2D eigenvalue weighted by atomic mass is 9.86. The minimum Gasteiger partial charge on any atom is -0.496 e. The van der Waals surface area contributed by atoms with E-state index in [1.807, 2.05) is 6.08 Å². The van der Waals surface area contributed by atoms with Gasteiger partial charge in [-0.15, -0.1) is 0 Å². The van der Waals surface area contributed by atoms with Crippen LogP contribution in [-0.2, 0) is 6.42 Å². The van der Waals surface area contributed by atoms with Crippen molar-refractivity contribution >= 4 is 6.08 Å². The molecule has 0 aliphatic heterocycles. The van der Waals surface area contributed by atoms with E-state index in [-0.39, 0.29) is 5.82 Å². The molecule has 3 heteroatoms. The van der Waals surface area contributed by atoms with Gasteiger partial charge in [0.05, 0.1) is 13.2 Å². The van der Waals surface area contributed by atoms with Crippen LogP contribution in [0, 0.1) is 17.1 Å². The van der Waals surface area contributed by atoms with Crippen LogP contribution in [0.1, 0.15) is 43.4 Å². The van der Waals surface area contributed by atoms with Gasteiger partial charge in [-0.3, -0.25) is 0 Å². The zero-order valence-electron chi connectivity index (χ0n) is 14.6. The quantitative estimate of drug-likeness (QED) is 0.659. The van der Waals surface area contributed by atoms with Gasteiger partial charge in [-0.25, -0.2) is 4.39 Å². The second-order valence-electron chi connectivity index (χ2n) is 5.92. The third kappa shape index (κ3) is 3.49. The smallest absolute Gasteiger partial charge is 0.130 e. The van der Waals surface area contributed by atoms with Gasteiger partial charge in [0.15, 0.2) is 0 Å². The van der Waals surface area contributed by atoms with E-state index >= 15 is 0 Å². The number of hydrogen-bond acceptors (Lipinski definition) is 2. The molecule has 0 N–H and O–H groups in total. The average molecular weight is 323 g/mol. The average Bonchev–Trinajstić information content (AvgIpc) is 2.59. The molecule has 0 aliphatic carbocycles. The summed E-state index contributed by atoms with van der Waals surface area (Å²) in [6.07, 6.45) is 4.12. The van der Waals surface area contributed by atoms with E-state index in [9.17, 15) is 4.39 Å². The molecule has 0 unspecified atom stereocenters. The van der Waals surface area contributed by atoms with Crippen LogP contribution in [0.4, 0.5) is 4.39 Å². The minimum atomic E-state index is -0.275. The zero-order valence-corrected chi connectivity index (χ0v) is 14.6. The third-order valence-corrected chi connectivity index (χ3v) is 4.09.